The molecule has 0 aromatic rings. The van der Waals surface area contributed by atoms with Gasteiger partial charge in [0.1, 0.15) is 30.8 Å². The average Bonchev–Trinajstić information content (AvgIpc) is 3.07. The van der Waals surface area contributed by atoms with Crippen molar-refractivity contribution in [3.63, 3.8) is 0 Å². The molecular weight excluding hydrogens is 634 g/mol. The Hall–Kier alpha value is -3.26. The van der Waals surface area contributed by atoms with E-state index in [1.165, 1.54) is 18.9 Å². The van der Waals surface area contributed by atoms with Gasteiger partial charge in [0, 0.05) is 7.05 Å². The highest BCUT2D eigenvalue weighted by molar-refractivity contribution is 5.94. The summed E-state index contributed by atoms with van der Waals surface area (Å²) in [6, 6.07) is -3.27. The second-order valence-corrected chi connectivity index (χ2v) is 14.0. The molecule has 0 radical (unpaired) electrons. The Kier molecular flexibility index (Phi) is 20.1. The molecule has 5 amide bonds. The first-order chi connectivity index (χ1) is 23.0. The molecule has 1 saturated carbocycles. The Morgan fingerprint density at radius 2 is 1.51 bits per heavy atom. The number of aliphatic hydroxyl groups is 2. The minimum Gasteiger partial charge on any atom is -0.460 e. The second-order valence-electron chi connectivity index (χ2n) is 14.0. The molecule has 0 spiro atoms. The lowest BCUT2D eigenvalue weighted by molar-refractivity contribution is -0.158. The van der Waals surface area contributed by atoms with Crippen molar-refractivity contribution in [2.75, 3.05) is 20.2 Å². The quantitative estimate of drug-likeness (QED) is 0.0713. The van der Waals surface area contributed by atoms with Crippen molar-refractivity contribution in [1.29, 1.82) is 0 Å². The Balaban J connectivity index is 3.22. The summed E-state index contributed by atoms with van der Waals surface area (Å²) in [4.78, 5) is 79.5. The topological polar surface area (TPSA) is 217 Å². The van der Waals surface area contributed by atoms with Gasteiger partial charge in [0.2, 0.25) is 29.5 Å². The van der Waals surface area contributed by atoms with E-state index in [-0.39, 0.29) is 18.3 Å². The summed E-state index contributed by atoms with van der Waals surface area (Å²) in [5.41, 5.74) is 5.33. The maximum absolute atomic E-state index is 14.0. The maximum atomic E-state index is 14.0. The lowest BCUT2D eigenvalue weighted by Gasteiger charge is -2.35. The standard InChI is InChI=1S/C35H63N5O9/c1-8-9-10-14-17-28(49-29(43)19-37-32(45)22(4)24(6)42)23(5)35(48)40(7)27(18-21(2)3)33(46)39-30(25-15-12-11-13-16-25)34(47)38-26(20-41)31(36)44/h21-28,30,41-42H,8-20H2,1-7H3,(H2,36,44)(H,37,45)(H,38,47)(H,39,46)/t22-,23+,24-,26-,27-,28+,30-/m0/s1. The molecule has 0 aliphatic heterocycles. The first-order valence-electron chi connectivity index (χ1n) is 18.0. The molecule has 0 saturated heterocycles. The van der Waals surface area contributed by atoms with Crippen LogP contribution in [0.2, 0.25) is 0 Å². The number of carbonyl (C=O) groups is 6. The van der Waals surface area contributed by atoms with Crippen molar-refractivity contribution in [2.45, 2.75) is 143 Å². The van der Waals surface area contributed by atoms with Gasteiger partial charge >= 0.3 is 5.97 Å². The number of nitrogens with two attached hydrogens (primary N) is 1. The second kappa shape index (κ2) is 22.5. The number of nitrogens with zero attached hydrogens (tertiary/aromatic N) is 1. The Bertz CT molecular complexity index is 1080. The maximum Gasteiger partial charge on any atom is 0.325 e. The molecule has 282 valence electrons. The van der Waals surface area contributed by atoms with Gasteiger partial charge in [0.15, 0.2) is 0 Å². The molecule has 1 fully saturated rings. The van der Waals surface area contributed by atoms with Crippen LogP contribution in [-0.4, -0.2) is 101 Å². The zero-order valence-electron chi connectivity index (χ0n) is 30.7. The fourth-order valence-electron chi connectivity index (χ4n) is 6.04. The van der Waals surface area contributed by atoms with E-state index < -0.39 is 90.8 Å². The number of hydrogen-bond acceptors (Lipinski definition) is 9. The largest absolute Gasteiger partial charge is 0.460 e. The number of carbonyl (C=O) groups excluding carboxylic acids is 6. The Morgan fingerprint density at radius 3 is 2.04 bits per heavy atom. The van der Waals surface area contributed by atoms with Gasteiger partial charge in [0.25, 0.3) is 0 Å². The van der Waals surface area contributed by atoms with Crippen LogP contribution < -0.4 is 21.7 Å². The number of aliphatic hydroxyl groups excluding tert-OH is 2. The zero-order chi connectivity index (χ0) is 37.3. The van der Waals surface area contributed by atoms with Crippen molar-refractivity contribution >= 4 is 35.5 Å². The van der Waals surface area contributed by atoms with Crippen LogP contribution in [0.5, 0.6) is 0 Å². The van der Waals surface area contributed by atoms with Crippen molar-refractivity contribution in [1.82, 2.24) is 20.9 Å². The molecule has 49 heavy (non-hydrogen) atoms. The van der Waals surface area contributed by atoms with E-state index in [1.54, 1.807) is 13.8 Å². The first kappa shape index (κ1) is 43.8. The van der Waals surface area contributed by atoms with Gasteiger partial charge in [0.05, 0.1) is 24.5 Å². The summed E-state index contributed by atoms with van der Waals surface area (Å²) in [5, 5.41) is 27.0. The molecule has 1 aliphatic carbocycles. The minimum atomic E-state index is -1.31. The Morgan fingerprint density at radius 1 is 0.878 bits per heavy atom. The highest BCUT2D eigenvalue weighted by Crippen LogP contribution is 2.28. The van der Waals surface area contributed by atoms with Gasteiger partial charge < -0.3 is 41.5 Å². The van der Waals surface area contributed by atoms with E-state index in [1.807, 2.05) is 13.8 Å². The number of esters is 1. The van der Waals surface area contributed by atoms with Gasteiger partial charge in [-0.2, -0.15) is 0 Å². The molecule has 1 rings (SSSR count). The molecule has 7 N–H and O–H groups in total. The monoisotopic (exact) mass is 697 g/mol. The van der Waals surface area contributed by atoms with Crippen molar-refractivity contribution in [3.8, 4) is 0 Å². The molecule has 0 unspecified atom stereocenters. The summed E-state index contributed by atoms with van der Waals surface area (Å²) in [6.07, 6.45) is 6.62. The number of likely N-dealkylation sites (N-methyl/N-ethyl adjacent to an activating group) is 1. The van der Waals surface area contributed by atoms with Crippen molar-refractivity contribution in [3.05, 3.63) is 0 Å². The van der Waals surface area contributed by atoms with Gasteiger partial charge in [-0.25, -0.2) is 0 Å². The van der Waals surface area contributed by atoms with E-state index in [0.717, 1.165) is 38.5 Å². The van der Waals surface area contributed by atoms with Crippen LogP contribution in [-0.2, 0) is 33.5 Å². The van der Waals surface area contributed by atoms with E-state index in [0.29, 0.717) is 25.7 Å². The molecule has 14 heteroatoms. The Labute approximate surface area is 292 Å². The van der Waals surface area contributed by atoms with Gasteiger partial charge in [-0.3, -0.25) is 28.8 Å². The van der Waals surface area contributed by atoms with E-state index >= 15 is 0 Å². The first-order valence-corrected chi connectivity index (χ1v) is 18.0. The molecule has 0 aromatic carbocycles. The lowest BCUT2D eigenvalue weighted by Crippen LogP contribution is -2.60. The van der Waals surface area contributed by atoms with Crippen LogP contribution in [0.4, 0.5) is 0 Å². The summed E-state index contributed by atoms with van der Waals surface area (Å²) < 4.78 is 5.74. The molecule has 1 aliphatic rings. The number of amides is 5. The fraction of sp³-hybridized carbons (Fsp3) is 0.829. The van der Waals surface area contributed by atoms with E-state index in [2.05, 4.69) is 22.9 Å². The lowest BCUT2D eigenvalue weighted by atomic mass is 9.83. The summed E-state index contributed by atoms with van der Waals surface area (Å²) >= 11 is 0. The number of unbranched alkanes of at least 4 members (excludes halogenated alkanes) is 3. The van der Waals surface area contributed by atoms with Crippen molar-refractivity contribution in [2.24, 2.45) is 29.4 Å². The van der Waals surface area contributed by atoms with Gasteiger partial charge in [-0.1, -0.05) is 73.1 Å². The number of rotatable bonds is 22. The van der Waals surface area contributed by atoms with Crippen LogP contribution >= 0.6 is 0 Å². The predicted octanol–water partition coefficient (Wildman–Crippen LogP) is 1.54. The minimum absolute atomic E-state index is 0.00722. The predicted molar refractivity (Wildman–Crippen MR) is 184 cm³/mol. The highest BCUT2D eigenvalue weighted by atomic mass is 16.5. The smallest absolute Gasteiger partial charge is 0.325 e. The van der Waals surface area contributed by atoms with Crippen LogP contribution in [0.15, 0.2) is 0 Å². The number of primary amides is 1. The molecule has 14 nitrogen and oxygen atoms in total. The van der Waals surface area contributed by atoms with E-state index in [9.17, 15) is 39.0 Å². The van der Waals surface area contributed by atoms with Crippen molar-refractivity contribution < 1.29 is 43.7 Å². The number of ether oxygens (including phenoxy) is 1. The summed E-state index contributed by atoms with van der Waals surface area (Å²) in [5.74, 6) is -5.47. The van der Waals surface area contributed by atoms with Gasteiger partial charge in [-0.15, -0.1) is 0 Å². The van der Waals surface area contributed by atoms with E-state index in [4.69, 9.17) is 10.5 Å². The van der Waals surface area contributed by atoms with Crippen LogP contribution in [0, 0.1) is 23.7 Å². The van der Waals surface area contributed by atoms with Gasteiger partial charge in [-0.05, 0) is 50.9 Å². The third-order valence-electron chi connectivity index (χ3n) is 9.47. The van der Waals surface area contributed by atoms with Crippen LogP contribution in [0.3, 0.4) is 0 Å². The van der Waals surface area contributed by atoms with Crippen LogP contribution in [0.25, 0.3) is 0 Å². The third kappa shape index (κ3) is 15.0. The molecule has 0 aromatic heterocycles. The fourth-order valence-corrected chi connectivity index (χ4v) is 6.04. The third-order valence-corrected chi connectivity index (χ3v) is 9.47. The normalized spacial score (nSPS) is 17.8. The molecule has 0 bridgehead atoms. The highest BCUT2D eigenvalue weighted by Gasteiger charge is 2.38. The molecular formula is C35H63N5O9. The molecule has 0 heterocycles. The van der Waals surface area contributed by atoms with Crippen LogP contribution in [0.1, 0.15) is 112 Å². The average molecular weight is 698 g/mol. The zero-order valence-corrected chi connectivity index (χ0v) is 30.7. The summed E-state index contributed by atoms with van der Waals surface area (Å²) in [7, 11) is 1.52. The molecule has 7 atom stereocenters. The SMILES string of the molecule is CCCCCC[C@@H](OC(=O)CNC(=O)[C@@H](C)[C@H](C)O)[C@@H](C)C(=O)N(C)[C@@H](CC(C)C)C(=O)N[C@H](C(=O)N[C@@H](CO)C(N)=O)C1CCCCC1. The number of nitrogens with one attached hydrogen (secondary N) is 3. The number of hydrogen-bond donors (Lipinski definition) is 6. The summed E-state index contributed by atoms with van der Waals surface area (Å²) in [6.45, 7) is 9.45.